The van der Waals surface area contributed by atoms with Crippen molar-refractivity contribution in [3.8, 4) is 5.75 Å². The van der Waals surface area contributed by atoms with Crippen molar-refractivity contribution >= 4 is 11.9 Å². The molecule has 0 aromatic heterocycles. The van der Waals surface area contributed by atoms with Gasteiger partial charge < -0.3 is 10.5 Å². The SMILES string of the molecule is CC(C)Oc1ccc(C2N=C(N)NC2=O)cc1. The minimum atomic E-state index is -0.539. The van der Waals surface area contributed by atoms with Gasteiger partial charge in [-0.25, -0.2) is 4.99 Å². The zero-order valence-corrected chi connectivity index (χ0v) is 9.81. The van der Waals surface area contributed by atoms with Crippen LogP contribution in [0.5, 0.6) is 5.75 Å². The number of hydrogen-bond acceptors (Lipinski definition) is 4. The third-order valence-electron chi connectivity index (χ3n) is 2.34. The maximum Gasteiger partial charge on any atom is 0.256 e. The molecule has 1 aliphatic heterocycles. The predicted octanol–water partition coefficient (Wildman–Crippen LogP) is 0.959. The van der Waals surface area contributed by atoms with Gasteiger partial charge in [-0.2, -0.15) is 0 Å². The minimum Gasteiger partial charge on any atom is -0.491 e. The Labute approximate surface area is 99.7 Å². The van der Waals surface area contributed by atoms with E-state index in [2.05, 4.69) is 10.3 Å². The molecule has 17 heavy (non-hydrogen) atoms. The van der Waals surface area contributed by atoms with Crippen molar-refractivity contribution < 1.29 is 9.53 Å². The number of hydrogen-bond donors (Lipinski definition) is 2. The number of ether oxygens (including phenoxy) is 1. The van der Waals surface area contributed by atoms with Gasteiger partial charge in [0.1, 0.15) is 5.75 Å². The van der Waals surface area contributed by atoms with E-state index in [0.29, 0.717) is 0 Å². The Hall–Kier alpha value is -2.04. The van der Waals surface area contributed by atoms with E-state index in [1.807, 2.05) is 38.1 Å². The predicted molar refractivity (Wildman–Crippen MR) is 64.7 cm³/mol. The van der Waals surface area contributed by atoms with E-state index < -0.39 is 6.04 Å². The van der Waals surface area contributed by atoms with E-state index in [0.717, 1.165) is 11.3 Å². The lowest BCUT2D eigenvalue weighted by molar-refractivity contribution is -0.120. The summed E-state index contributed by atoms with van der Waals surface area (Å²) in [6.45, 7) is 3.92. The fourth-order valence-electron chi connectivity index (χ4n) is 1.65. The molecular formula is C12H15N3O2. The van der Waals surface area contributed by atoms with Gasteiger partial charge in [0.2, 0.25) is 0 Å². The second-order valence-electron chi connectivity index (χ2n) is 4.14. The maximum absolute atomic E-state index is 11.5. The summed E-state index contributed by atoms with van der Waals surface area (Å²) in [4.78, 5) is 15.5. The van der Waals surface area contributed by atoms with E-state index in [1.54, 1.807) is 0 Å². The molecule has 0 saturated carbocycles. The molecule has 2 rings (SSSR count). The van der Waals surface area contributed by atoms with E-state index in [4.69, 9.17) is 10.5 Å². The molecule has 0 radical (unpaired) electrons. The number of benzene rings is 1. The van der Waals surface area contributed by atoms with Crippen molar-refractivity contribution in [2.45, 2.75) is 26.0 Å². The molecule has 1 aromatic rings. The first-order chi connectivity index (χ1) is 8.06. The van der Waals surface area contributed by atoms with Crippen LogP contribution in [0.15, 0.2) is 29.3 Å². The molecule has 0 fully saturated rings. The Morgan fingerprint density at radius 3 is 2.47 bits per heavy atom. The van der Waals surface area contributed by atoms with E-state index in [-0.39, 0.29) is 18.0 Å². The van der Waals surface area contributed by atoms with Crippen molar-refractivity contribution in [3.05, 3.63) is 29.8 Å². The van der Waals surface area contributed by atoms with Gasteiger partial charge in [-0.15, -0.1) is 0 Å². The highest BCUT2D eigenvalue weighted by Crippen LogP contribution is 2.23. The number of amides is 1. The lowest BCUT2D eigenvalue weighted by atomic mass is 10.1. The van der Waals surface area contributed by atoms with Crippen LogP contribution in [0.25, 0.3) is 0 Å². The Kier molecular flexibility index (Phi) is 2.99. The van der Waals surface area contributed by atoms with Crippen molar-refractivity contribution in [2.75, 3.05) is 0 Å². The second-order valence-corrected chi connectivity index (χ2v) is 4.14. The summed E-state index contributed by atoms with van der Waals surface area (Å²) in [5, 5.41) is 2.47. The molecule has 3 N–H and O–H groups in total. The summed E-state index contributed by atoms with van der Waals surface area (Å²) in [6.07, 6.45) is 0.129. The van der Waals surface area contributed by atoms with Crippen molar-refractivity contribution in [2.24, 2.45) is 10.7 Å². The number of rotatable bonds is 3. The van der Waals surface area contributed by atoms with Crippen molar-refractivity contribution in [3.63, 3.8) is 0 Å². The zero-order chi connectivity index (χ0) is 12.4. The van der Waals surface area contributed by atoms with E-state index in [9.17, 15) is 4.79 Å². The average molecular weight is 233 g/mol. The zero-order valence-electron chi connectivity index (χ0n) is 9.81. The number of aliphatic imine (C=N–C) groups is 1. The normalized spacial score (nSPS) is 19.1. The van der Waals surface area contributed by atoms with Gasteiger partial charge in [-0.1, -0.05) is 12.1 Å². The first kappa shape index (κ1) is 11.4. The van der Waals surface area contributed by atoms with Crippen molar-refractivity contribution in [1.82, 2.24) is 5.32 Å². The lowest BCUT2D eigenvalue weighted by Gasteiger charge is -2.10. The topological polar surface area (TPSA) is 76.7 Å². The monoisotopic (exact) mass is 233 g/mol. The van der Waals surface area contributed by atoms with Crippen LogP contribution in [0.1, 0.15) is 25.5 Å². The van der Waals surface area contributed by atoms with E-state index in [1.165, 1.54) is 0 Å². The molecule has 5 nitrogen and oxygen atoms in total. The fourth-order valence-corrected chi connectivity index (χ4v) is 1.65. The summed E-state index contributed by atoms with van der Waals surface area (Å²) >= 11 is 0. The Balaban J connectivity index is 2.15. The molecule has 0 saturated heterocycles. The van der Waals surface area contributed by atoms with Gasteiger partial charge in [0.25, 0.3) is 5.91 Å². The Morgan fingerprint density at radius 2 is 2.00 bits per heavy atom. The molecule has 0 spiro atoms. The Bertz CT molecular complexity index is 451. The molecule has 90 valence electrons. The maximum atomic E-state index is 11.5. The third-order valence-corrected chi connectivity index (χ3v) is 2.34. The first-order valence-corrected chi connectivity index (χ1v) is 5.47. The minimum absolute atomic E-state index is 0.129. The number of carbonyl (C=O) groups is 1. The Morgan fingerprint density at radius 1 is 1.35 bits per heavy atom. The third kappa shape index (κ3) is 2.55. The highest BCUT2D eigenvalue weighted by Gasteiger charge is 2.26. The summed E-state index contributed by atoms with van der Waals surface area (Å²) < 4.78 is 5.52. The van der Waals surface area contributed by atoms with Crippen LogP contribution in [-0.4, -0.2) is 18.0 Å². The molecule has 1 amide bonds. The summed E-state index contributed by atoms with van der Waals surface area (Å²) in [5.41, 5.74) is 6.25. The van der Waals surface area contributed by atoms with E-state index >= 15 is 0 Å². The highest BCUT2D eigenvalue weighted by molar-refractivity contribution is 6.04. The number of nitrogens with zero attached hydrogens (tertiary/aromatic N) is 1. The number of carbonyl (C=O) groups excluding carboxylic acids is 1. The largest absolute Gasteiger partial charge is 0.491 e. The molecular weight excluding hydrogens is 218 g/mol. The van der Waals surface area contributed by atoms with Crippen LogP contribution in [0.2, 0.25) is 0 Å². The molecule has 5 heteroatoms. The highest BCUT2D eigenvalue weighted by atomic mass is 16.5. The van der Waals surface area contributed by atoms with Gasteiger partial charge >= 0.3 is 0 Å². The molecule has 0 bridgehead atoms. The van der Waals surface area contributed by atoms with Crippen LogP contribution in [-0.2, 0) is 4.79 Å². The van der Waals surface area contributed by atoms with Gasteiger partial charge in [0.15, 0.2) is 12.0 Å². The van der Waals surface area contributed by atoms with Crippen LogP contribution in [0.3, 0.4) is 0 Å². The number of nitrogens with two attached hydrogens (primary N) is 1. The average Bonchev–Trinajstić information content (AvgIpc) is 2.58. The first-order valence-electron chi connectivity index (χ1n) is 5.47. The summed E-state index contributed by atoms with van der Waals surface area (Å²) in [5.74, 6) is 0.752. The van der Waals surface area contributed by atoms with Gasteiger partial charge in [0, 0.05) is 0 Å². The number of nitrogens with one attached hydrogen (secondary N) is 1. The number of guanidine groups is 1. The van der Waals surface area contributed by atoms with Crippen molar-refractivity contribution in [1.29, 1.82) is 0 Å². The fraction of sp³-hybridized carbons (Fsp3) is 0.333. The summed E-state index contributed by atoms with van der Waals surface area (Å²) in [7, 11) is 0. The summed E-state index contributed by atoms with van der Waals surface area (Å²) in [6, 6.07) is 6.76. The van der Waals surface area contributed by atoms with Crippen LogP contribution >= 0.6 is 0 Å². The van der Waals surface area contributed by atoms with Crippen LogP contribution in [0, 0.1) is 0 Å². The van der Waals surface area contributed by atoms with Gasteiger partial charge in [-0.05, 0) is 31.5 Å². The molecule has 0 aliphatic carbocycles. The standard InChI is InChI=1S/C12H15N3O2/c1-7(2)17-9-5-3-8(4-6-9)10-11(16)15-12(13)14-10/h3-7,10H,1-2H3,(H3,13,14,15,16). The molecule has 1 aromatic carbocycles. The lowest BCUT2D eigenvalue weighted by Crippen LogP contribution is -2.31. The molecule has 1 atom stereocenters. The smallest absolute Gasteiger partial charge is 0.256 e. The quantitative estimate of drug-likeness (QED) is 0.816. The van der Waals surface area contributed by atoms with Crippen LogP contribution in [0.4, 0.5) is 0 Å². The van der Waals surface area contributed by atoms with Gasteiger partial charge in [-0.3, -0.25) is 10.1 Å². The molecule has 1 aliphatic rings. The van der Waals surface area contributed by atoms with Gasteiger partial charge in [0.05, 0.1) is 6.10 Å². The van der Waals surface area contributed by atoms with Crippen LogP contribution < -0.4 is 15.8 Å². The molecule has 1 unspecified atom stereocenters. The molecule has 1 heterocycles. The second kappa shape index (κ2) is 4.45.